The molecule has 0 fully saturated rings. The van der Waals surface area contributed by atoms with Crippen molar-refractivity contribution >= 4 is 27.5 Å². The van der Waals surface area contributed by atoms with E-state index in [2.05, 4.69) is 23.2 Å². The second kappa shape index (κ2) is 7.77. The van der Waals surface area contributed by atoms with E-state index in [1.807, 2.05) is 11.8 Å². The molecule has 1 atom stereocenters. The Bertz CT molecular complexity index is 472. The van der Waals surface area contributed by atoms with Gasteiger partial charge in [-0.3, -0.25) is 0 Å². The summed E-state index contributed by atoms with van der Waals surface area (Å²) in [5.74, 6) is 1.69. The van der Waals surface area contributed by atoms with Crippen LogP contribution >= 0.6 is 11.8 Å². The van der Waals surface area contributed by atoms with Crippen molar-refractivity contribution in [3.8, 4) is 0 Å². The second-order valence-electron chi connectivity index (χ2n) is 4.47. The molecule has 0 saturated carbocycles. The molecular weight excluding hydrogens is 280 g/mol. The van der Waals surface area contributed by atoms with Gasteiger partial charge in [0.05, 0.1) is 4.90 Å². The van der Waals surface area contributed by atoms with Crippen molar-refractivity contribution in [1.29, 1.82) is 0 Å². The van der Waals surface area contributed by atoms with Gasteiger partial charge in [-0.1, -0.05) is 13.8 Å². The summed E-state index contributed by atoms with van der Waals surface area (Å²) in [6, 6.07) is 6.85. The summed E-state index contributed by atoms with van der Waals surface area (Å²) < 4.78 is 26.0. The van der Waals surface area contributed by atoms with E-state index >= 15 is 0 Å². The summed E-state index contributed by atoms with van der Waals surface area (Å²) in [4.78, 5) is 0.303. The van der Waals surface area contributed by atoms with Crippen LogP contribution in [0.4, 0.5) is 5.69 Å². The minimum atomic E-state index is -3.35. The lowest BCUT2D eigenvalue weighted by Gasteiger charge is -2.12. The van der Waals surface area contributed by atoms with Crippen LogP contribution in [0, 0.1) is 5.92 Å². The van der Waals surface area contributed by atoms with Gasteiger partial charge in [-0.05, 0) is 42.2 Å². The van der Waals surface area contributed by atoms with Crippen molar-refractivity contribution in [1.82, 2.24) is 4.72 Å². The monoisotopic (exact) mass is 302 g/mol. The Kier molecular flexibility index (Phi) is 6.68. The lowest BCUT2D eigenvalue weighted by Crippen LogP contribution is -2.23. The molecule has 0 radical (unpaired) electrons. The summed E-state index contributed by atoms with van der Waals surface area (Å²) in [7, 11) is -3.35. The fourth-order valence-electron chi connectivity index (χ4n) is 1.66. The summed E-state index contributed by atoms with van der Waals surface area (Å²) in [6.07, 6.45) is 2.09. The van der Waals surface area contributed by atoms with Gasteiger partial charge in [0, 0.05) is 18.8 Å². The SMILES string of the molecule is CCNS(=O)(=O)c1ccc(NCC(C)CSC)cc1. The van der Waals surface area contributed by atoms with E-state index < -0.39 is 10.0 Å². The fraction of sp³-hybridized carbons (Fsp3) is 0.538. The molecule has 1 unspecified atom stereocenters. The molecule has 0 aliphatic rings. The zero-order valence-electron chi connectivity index (χ0n) is 11.6. The molecule has 0 bridgehead atoms. The first kappa shape index (κ1) is 16.3. The Labute approximate surface area is 120 Å². The van der Waals surface area contributed by atoms with E-state index in [-0.39, 0.29) is 0 Å². The molecule has 0 amide bonds. The van der Waals surface area contributed by atoms with Gasteiger partial charge in [-0.2, -0.15) is 11.8 Å². The molecule has 108 valence electrons. The maximum atomic E-state index is 11.8. The fourth-order valence-corrected chi connectivity index (χ4v) is 3.39. The van der Waals surface area contributed by atoms with Gasteiger partial charge >= 0.3 is 0 Å². The van der Waals surface area contributed by atoms with Crippen LogP contribution in [0.15, 0.2) is 29.2 Å². The number of thioether (sulfide) groups is 1. The first-order chi connectivity index (χ1) is 8.99. The normalized spacial score (nSPS) is 13.2. The molecule has 1 aromatic rings. The van der Waals surface area contributed by atoms with Crippen LogP contribution < -0.4 is 10.0 Å². The first-order valence-electron chi connectivity index (χ1n) is 6.32. The minimum Gasteiger partial charge on any atom is -0.385 e. The third kappa shape index (κ3) is 5.42. The van der Waals surface area contributed by atoms with Crippen molar-refractivity contribution in [3.63, 3.8) is 0 Å². The Balaban J connectivity index is 2.62. The van der Waals surface area contributed by atoms with E-state index in [0.717, 1.165) is 18.0 Å². The average molecular weight is 302 g/mol. The van der Waals surface area contributed by atoms with Crippen molar-refractivity contribution in [2.24, 2.45) is 5.92 Å². The van der Waals surface area contributed by atoms with Gasteiger partial charge in [-0.25, -0.2) is 13.1 Å². The molecule has 2 N–H and O–H groups in total. The maximum Gasteiger partial charge on any atom is 0.240 e. The van der Waals surface area contributed by atoms with E-state index in [9.17, 15) is 8.42 Å². The Morgan fingerprint density at radius 2 is 1.89 bits per heavy atom. The van der Waals surface area contributed by atoms with Gasteiger partial charge in [0.1, 0.15) is 0 Å². The van der Waals surface area contributed by atoms with Crippen LogP contribution in [-0.4, -0.2) is 33.5 Å². The Morgan fingerprint density at radius 3 is 2.42 bits per heavy atom. The third-order valence-corrected chi connectivity index (χ3v) is 5.07. The molecule has 0 aliphatic heterocycles. The molecule has 0 aliphatic carbocycles. The molecule has 0 aromatic heterocycles. The largest absolute Gasteiger partial charge is 0.385 e. The standard InChI is InChI=1S/C13H22N2O2S2/c1-4-15-19(16,17)13-7-5-12(6-8-13)14-9-11(2)10-18-3/h5-8,11,14-15H,4,9-10H2,1-3H3. The lowest BCUT2D eigenvalue weighted by molar-refractivity contribution is 0.584. The molecule has 1 rings (SSSR count). The zero-order valence-corrected chi connectivity index (χ0v) is 13.3. The predicted octanol–water partition coefficient (Wildman–Crippen LogP) is 2.40. The Morgan fingerprint density at radius 1 is 1.26 bits per heavy atom. The van der Waals surface area contributed by atoms with Crippen molar-refractivity contribution in [2.75, 3.05) is 30.4 Å². The van der Waals surface area contributed by atoms with E-state index in [0.29, 0.717) is 17.4 Å². The number of sulfonamides is 1. The maximum absolute atomic E-state index is 11.8. The molecule has 0 spiro atoms. The minimum absolute atomic E-state index is 0.303. The lowest BCUT2D eigenvalue weighted by atomic mass is 10.2. The van der Waals surface area contributed by atoms with E-state index in [4.69, 9.17) is 0 Å². The Hall–Kier alpha value is -0.720. The number of nitrogens with one attached hydrogen (secondary N) is 2. The molecule has 6 heteroatoms. The summed E-state index contributed by atoms with van der Waals surface area (Å²) in [5.41, 5.74) is 0.948. The highest BCUT2D eigenvalue weighted by atomic mass is 32.2. The topological polar surface area (TPSA) is 58.2 Å². The average Bonchev–Trinajstić information content (AvgIpc) is 2.37. The summed E-state index contributed by atoms with van der Waals surface area (Å²) >= 11 is 1.83. The third-order valence-electron chi connectivity index (χ3n) is 2.60. The number of hydrogen-bond acceptors (Lipinski definition) is 4. The van der Waals surface area contributed by atoms with Crippen molar-refractivity contribution in [2.45, 2.75) is 18.7 Å². The van der Waals surface area contributed by atoms with Gasteiger partial charge < -0.3 is 5.32 Å². The molecule has 1 aromatic carbocycles. The smallest absolute Gasteiger partial charge is 0.240 e. The number of anilines is 1. The number of rotatable bonds is 8. The molecule has 4 nitrogen and oxygen atoms in total. The molecule has 19 heavy (non-hydrogen) atoms. The van der Waals surface area contributed by atoms with Gasteiger partial charge in [0.15, 0.2) is 0 Å². The predicted molar refractivity (Wildman–Crippen MR) is 83.3 cm³/mol. The van der Waals surface area contributed by atoms with Crippen LogP contribution in [0.5, 0.6) is 0 Å². The second-order valence-corrected chi connectivity index (χ2v) is 7.14. The quantitative estimate of drug-likeness (QED) is 0.774. The highest BCUT2D eigenvalue weighted by molar-refractivity contribution is 7.98. The van der Waals surface area contributed by atoms with Crippen molar-refractivity contribution < 1.29 is 8.42 Å². The molecule has 0 saturated heterocycles. The van der Waals surface area contributed by atoms with Gasteiger partial charge in [-0.15, -0.1) is 0 Å². The van der Waals surface area contributed by atoms with Crippen LogP contribution in [0.3, 0.4) is 0 Å². The summed E-state index contributed by atoms with van der Waals surface area (Å²) in [6.45, 7) is 5.24. The zero-order chi connectivity index (χ0) is 14.3. The molecule has 0 heterocycles. The number of hydrogen-bond donors (Lipinski definition) is 2. The van der Waals surface area contributed by atoms with Crippen LogP contribution in [0.25, 0.3) is 0 Å². The van der Waals surface area contributed by atoms with E-state index in [1.54, 1.807) is 31.2 Å². The summed E-state index contributed by atoms with van der Waals surface area (Å²) in [5, 5.41) is 3.31. The van der Waals surface area contributed by atoms with Crippen LogP contribution in [0.1, 0.15) is 13.8 Å². The van der Waals surface area contributed by atoms with Crippen molar-refractivity contribution in [3.05, 3.63) is 24.3 Å². The molecular formula is C13H22N2O2S2. The first-order valence-corrected chi connectivity index (χ1v) is 9.19. The van der Waals surface area contributed by atoms with Crippen LogP contribution in [-0.2, 0) is 10.0 Å². The highest BCUT2D eigenvalue weighted by Crippen LogP contribution is 2.14. The van der Waals surface area contributed by atoms with Gasteiger partial charge in [0.2, 0.25) is 10.0 Å². The van der Waals surface area contributed by atoms with E-state index in [1.165, 1.54) is 0 Å². The van der Waals surface area contributed by atoms with Crippen LogP contribution in [0.2, 0.25) is 0 Å². The number of benzene rings is 1. The highest BCUT2D eigenvalue weighted by Gasteiger charge is 2.11. The van der Waals surface area contributed by atoms with Gasteiger partial charge in [0.25, 0.3) is 0 Å².